The van der Waals surface area contributed by atoms with Crippen LogP contribution >= 0.6 is 0 Å². The summed E-state index contributed by atoms with van der Waals surface area (Å²) in [4.78, 5) is 11.1. The van der Waals surface area contributed by atoms with Crippen LogP contribution in [0.25, 0.3) is 11.1 Å². The maximum Gasteiger partial charge on any atom is 0.335 e. The van der Waals surface area contributed by atoms with Gasteiger partial charge in [0, 0.05) is 18.2 Å². The summed E-state index contributed by atoms with van der Waals surface area (Å²) in [5, 5.41) is 42.4. The Morgan fingerprint density at radius 2 is 1.64 bits per heavy atom. The Kier molecular flexibility index (Phi) is 7.58. The molecule has 0 saturated carbocycles. The van der Waals surface area contributed by atoms with Gasteiger partial charge in [-0.05, 0) is 85.5 Å². The maximum atomic E-state index is 11.1. The molecule has 5 N–H and O–H groups in total. The lowest BCUT2D eigenvalue weighted by atomic mass is 9.98. The molecule has 7 heteroatoms. The Morgan fingerprint density at radius 3 is 2.21 bits per heavy atom. The number of hydrogen-bond donors (Lipinski definition) is 5. The van der Waals surface area contributed by atoms with Gasteiger partial charge in [-0.2, -0.15) is 0 Å². The van der Waals surface area contributed by atoms with Gasteiger partial charge in [0.2, 0.25) is 0 Å². The number of aryl methyl sites for hydroxylation is 2. The van der Waals surface area contributed by atoms with Gasteiger partial charge in [-0.25, -0.2) is 4.79 Å². The molecule has 0 aliphatic rings. The van der Waals surface area contributed by atoms with E-state index < -0.39 is 12.1 Å². The van der Waals surface area contributed by atoms with Gasteiger partial charge >= 0.3 is 5.97 Å². The van der Waals surface area contributed by atoms with Gasteiger partial charge in [0.15, 0.2) is 0 Å². The van der Waals surface area contributed by atoms with Crippen LogP contribution < -0.4 is 10.1 Å². The molecule has 33 heavy (non-hydrogen) atoms. The molecule has 0 aliphatic carbocycles. The van der Waals surface area contributed by atoms with Crippen molar-refractivity contribution >= 4 is 5.97 Å². The highest BCUT2D eigenvalue weighted by Crippen LogP contribution is 2.35. The highest BCUT2D eigenvalue weighted by atomic mass is 16.5. The minimum atomic E-state index is -1.09. The van der Waals surface area contributed by atoms with Gasteiger partial charge in [-0.3, -0.25) is 0 Å². The molecule has 0 aliphatic heterocycles. The number of phenolic OH excluding ortho intramolecular Hbond substituents is 2. The number of carboxylic acid groups (broad SMARTS) is 1. The number of hydrogen-bond acceptors (Lipinski definition) is 6. The molecule has 3 rings (SSSR count). The summed E-state index contributed by atoms with van der Waals surface area (Å²) in [5.74, 6) is -0.280. The number of carbonyl (C=O) groups is 1. The minimum Gasteiger partial charge on any atom is -0.508 e. The second kappa shape index (κ2) is 10.4. The van der Waals surface area contributed by atoms with E-state index in [0.29, 0.717) is 18.7 Å². The van der Waals surface area contributed by atoms with Crippen LogP contribution in [0.5, 0.6) is 17.2 Å². The Labute approximate surface area is 192 Å². The lowest BCUT2D eigenvalue weighted by molar-refractivity contribution is 0.0696. The van der Waals surface area contributed by atoms with E-state index in [9.17, 15) is 20.1 Å². The molecular formula is C26H29NO6. The van der Waals surface area contributed by atoms with Crippen molar-refractivity contribution in [3.8, 4) is 28.4 Å². The normalized spacial score (nSPS) is 12.8. The molecule has 3 aromatic carbocycles. The van der Waals surface area contributed by atoms with Gasteiger partial charge in [0.25, 0.3) is 0 Å². The van der Waals surface area contributed by atoms with Gasteiger partial charge in [0.1, 0.15) is 23.9 Å². The largest absolute Gasteiger partial charge is 0.508 e. The first kappa shape index (κ1) is 24.1. The van der Waals surface area contributed by atoms with E-state index in [4.69, 9.17) is 9.84 Å². The van der Waals surface area contributed by atoms with E-state index in [1.165, 1.54) is 12.1 Å². The zero-order valence-electron chi connectivity index (χ0n) is 18.9. The van der Waals surface area contributed by atoms with Gasteiger partial charge in [-0.1, -0.05) is 12.1 Å². The molecule has 0 saturated heterocycles. The molecule has 0 spiro atoms. The van der Waals surface area contributed by atoms with Crippen molar-refractivity contribution in [3.05, 3.63) is 76.9 Å². The molecule has 0 radical (unpaired) electrons. The number of ether oxygens (including phenoxy) is 1. The fraction of sp³-hybridized carbons (Fsp3) is 0.269. The summed E-state index contributed by atoms with van der Waals surface area (Å²) in [5.41, 5.74) is 3.86. The van der Waals surface area contributed by atoms with Gasteiger partial charge in [-0.15, -0.1) is 0 Å². The van der Waals surface area contributed by atoms with Crippen LogP contribution in [-0.4, -0.2) is 45.6 Å². The number of aliphatic hydroxyl groups is 1. The van der Waals surface area contributed by atoms with Crippen molar-refractivity contribution in [2.24, 2.45) is 0 Å². The number of aromatic carboxylic acids is 1. The summed E-state index contributed by atoms with van der Waals surface area (Å²) in [6.45, 7) is 6.63. The van der Waals surface area contributed by atoms with E-state index in [1.807, 2.05) is 32.9 Å². The van der Waals surface area contributed by atoms with Crippen LogP contribution in [0.15, 0.2) is 54.6 Å². The van der Waals surface area contributed by atoms with E-state index >= 15 is 0 Å². The smallest absolute Gasteiger partial charge is 0.335 e. The first-order valence-corrected chi connectivity index (χ1v) is 10.7. The third-order valence-electron chi connectivity index (χ3n) is 5.54. The summed E-state index contributed by atoms with van der Waals surface area (Å²) in [6, 6.07) is 14.3. The number of rotatable bonds is 9. The number of carboxylic acids is 1. The lowest BCUT2D eigenvalue weighted by Crippen LogP contribution is -2.35. The van der Waals surface area contributed by atoms with Crippen molar-refractivity contribution in [2.75, 3.05) is 13.2 Å². The Hall–Kier alpha value is -3.55. The molecular weight excluding hydrogens is 422 g/mol. The number of nitrogens with one attached hydrogen (secondary N) is 1. The average Bonchev–Trinajstić information content (AvgIpc) is 2.77. The van der Waals surface area contributed by atoms with Crippen LogP contribution in [0.4, 0.5) is 0 Å². The molecule has 174 valence electrons. The molecule has 0 heterocycles. The standard InChI is InChI=1S/C26H29NO6/c1-15-12-20(22-9-6-19(26(31)32)14-23(22)29)13-16(2)25(15)33-11-10-27-17(3)24(30)18-4-7-21(28)8-5-18/h4-9,12-14,17,24,27-30H,10-11H2,1-3H3,(H,31,32)/t17-,24-/m0/s1. The van der Waals surface area contributed by atoms with Crippen LogP contribution in [0.2, 0.25) is 0 Å². The SMILES string of the molecule is Cc1cc(-c2ccc(C(=O)O)cc2O)cc(C)c1OCCN[C@@H](C)[C@H](O)c1ccc(O)cc1. The first-order valence-electron chi connectivity index (χ1n) is 10.7. The highest BCUT2D eigenvalue weighted by Gasteiger charge is 2.16. The zero-order chi connectivity index (χ0) is 24.1. The number of benzene rings is 3. The third kappa shape index (κ3) is 5.83. The predicted molar refractivity (Wildman–Crippen MR) is 126 cm³/mol. The third-order valence-corrected chi connectivity index (χ3v) is 5.54. The fourth-order valence-corrected chi connectivity index (χ4v) is 3.75. The number of aromatic hydroxyl groups is 2. The number of phenols is 2. The van der Waals surface area contributed by atoms with Crippen LogP contribution in [0.3, 0.4) is 0 Å². The average molecular weight is 452 g/mol. The van der Waals surface area contributed by atoms with E-state index in [0.717, 1.165) is 28.0 Å². The maximum absolute atomic E-state index is 11.1. The van der Waals surface area contributed by atoms with Crippen molar-refractivity contribution in [1.29, 1.82) is 0 Å². The van der Waals surface area contributed by atoms with Crippen molar-refractivity contribution in [1.82, 2.24) is 5.32 Å². The summed E-state index contributed by atoms with van der Waals surface area (Å²) < 4.78 is 5.97. The van der Waals surface area contributed by atoms with Crippen molar-refractivity contribution < 1.29 is 30.0 Å². The van der Waals surface area contributed by atoms with E-state index in [2.05, 4.69) is 5.32 Å². The van der Waals surface area contributed by atoms with Crippen molar-refractivity contribution in [3.63, 3.8) is 0 Å². The number of aliphatic hydroxyl groups excluding tert-OH is 1. The van der Waals surface area contributed by atoms with Gasteiger partial charge < -0.3 is 30.5 Å². The van der Waals surface area contributed by atoms with Crippen LogP contribution in [-0.2, 0) is 0 Å². The first-order chi connectivity index (χ1) is 15.7. The second-order valence-corrected chi connectivity index (χ2v) is 8.10. The monoisotopic (exact) mass is 451 g/mol. The van der Waals surface area contributed by atoms with Crippen molar-refractivity contribution in [2.45, 2.75) is 32.9 Å². The molecule has 0 unspecified atom stereocenters. The molecule has 2 atom stereocenters. The second-order valence-electron chi connectivity index (χ2n) is 8.10. The van der Waals surface area contributed by atoms with E-state index in [1.54, 1.807) is 30.3 Å². The summed E-state index contributed by atoms with van der Waals surface area (Å²) in [6.07, 6.45) is -0.714. The quantitative estimate of drug-likeness (QED) is 0.310. The summed E-state index contributed by atoms with van der Waals surface area (Å²) >= 11 is 0. The van der Waals surface area contributed by atoms with Gasteiger partial charge in [0.05, 0.1) is 11.7 Å². The fourth-order valence-electron chi connectivity index (χ4n) is 3.75. The van der Waals surface area contributed by atoms with Crippen LogP contribution in [0.1, 0.15) is 40.1 Å². The van der Waals surface area contributed by atoms with Crippen LogP contribution in [0, 0.1) is 13.8 Å². The molecule has 0 bridgehead atoms. The Morgan fingerprint density at radius 1 is 1.00 bits per heavy atom. The molecule has 0 aromatic heterocycles. The lowest BCUT2D eigenvalue weighted by Gasteiger charge is -2.21. The van der Waals surface area contributed by atoms with E-state index in [-0.39, 0.29) is 23.1 Å². The zero-order valence-corrected chi connectivity index (χ0v) is 18.9. The Balaban J connectivity index is 1.61. The molecule has 0 amide bonds. The topological polar surface area (TPSA) is 119 Å². The molecule has 0 fully saturated rings. The Bertz CT molecular complexity index is 1100. The molecule has 7 nitrogen and oxygen atoms in total. The summed E-state index contributed by atoms with van der Waals surface area (Å²) in [7, 11) is 0. The molecule has 3 aromatic rings. The minimum absolute atomic E-state index is 0.0295. The highest BCUT2D eigenvalue weighted by molar-refractivity contribution is 5.89. The predicted octanol–water partition coefficient (Wildman–Crippen LogP) is 4.17.